The molecule has 1 aromatic rings. The van der Waals surface area contributed by atoms with Gasteiger partial charge in [-0.25, -0.2) is 0 Å². The highest BCUT2D eigenvalue weighted by Gasteiger charge is 2.51. The molecule has 0 aromatic carbocycles. The summed E-state index contributed by atoms with van der Waals surface area (Å²) in [5.41, 5.74) is 6.04. The van der Waals surface area contributed by atoms with Crippen molar-refractivity contribution in [2.75, 3.05) is 6.54 Å². The van der Waals surface area contributed by atoms with E-state index in [1.165, 1.54) is 38.5 Å². The monoisotopic (exact) mass is 303 g/mol. The standard InChI is InChI=1S/C18H29N3O/c19-5-3-1-2-4-17-20-16(21-22-17)12-18-9-13-6-14(10-18)8-15(7-13)11-18/h13-15H,1-12,19H2. The van der Waals surface area contributed by atoms with Crippen molar-refractivity contribution in [1.29, 1.82) is 0 Å². The molecule has 0 spiro atoms. The van der Waals surface area contributed by atoms with Crippen LogP contribution < -0.4 is 5.73 Å². The maximum Gasteiger partial charge on any atom is 0.226 e. The number of hydrogen-bond donors (Lipinski definition) is 1. The highest BCUT2D eigenvalue weighted by molar-refractivity contribution is 5.05. The lowest BCUT2D eigenvalue weighted by Crippen LogP contribution is -2.47. The first-order chi connectivity index (χ1) is 10.7. The van der Waals surface area contributed by atoms with Crippen LogP contribution in [-0.2, 0) is 12.8 Å². The topological polar surface area (TPSA) is 64.9 Å². The molecule has 4 aliphatic rings. The van der Waals surface area contributed by atoms with Gasteiger partial charge in [0.15, 0.2) is 5.82 Å². The van der Waals surface area contributed by atoms with E-state index >= 15 is 0 Å². The normalized spacial score (nSPS) is 36.1. The summed E-state index contributed by atoms with van der Waals surface area (Å²) in [5.74, 6) is 4.78. The Morgan fingerprint density at radius 3 is 2.32 bits per heavy atom. The quantitative estimate of drug-likeness (QED) is 0.783. The smallest absolute Gasteiger partial charge is 0.226 e. The zero-order valence-electron chi connectivity index (χ0n) is 13.6. The van der Waals surface area contributed by atoms with Crippen molar-refractivity contribution in [3.05, 3.63) is 11.7 Å². The van der Waals surface area contributed by atoms with Crippen molar-refractivity contribution in [2.24, 2.45) is 28.9 Å². The molecule has 22 heavy (non-hydrogen) atoms. The Balaban J connectivity index is 1.36. The van der Waals surface area contributed by atoms with Crippen LogP contribution in [0.15, 0.2) is 4.52 Å². The summed E-state index contributed by atoms with van der Waals surface area (Å²) in [6.07, 6.45) is 14.1. The Morgan fingerprint density at radius 2 is 1.68 bits per heavy atom. The molecule has 4 bridgehead atoms. The van der Waals surface area contributed by atoms with E-state index in [-0.39, 0.29) is 0 Å². The van der Waals surface area contributed by atoms with Gasteiger partial charge in [0.25, 0.3) is 0 Å². The molecule has 4 nitrogen and oxygen atoms in total. The summed E-state index contributed by atoms with van der Waals surface area (Å²) in [5, 5.41) is 4.28. The minimum absolute atomic E-state index is 0.509. The Kier molecular flexibility index (Phi) is 3.97. The van der Waals surface area contributed by atoms with Gasteiger partial charge in [0, 0.05) is 12.8 Å². The van der Waals surface area contributed by atoms with Crippen LogP contribution in [0.1, 0.15) is 69.5 Å². The molecule has 4 aliphatic carbocycles. The summed E-state index contributed by atoms with van der Waals surface area (Å²) in [6, 6.07) is 0. The van der Waals surface area contributed by atoms with Crippen molar-refractivity contribution < 1.29 is 4.52 Å². The first-order valence-electron chi connectivity index (χ1n) is 9.26. The van der Waals surface area contributed by atoms with E-state index in [0.717, 1.165) is 68.1 Å². The van der Waals surface area contributed by atoms with Gasteiger partial charge in [0.1, 0.15) is 0 Å². The minimum Gasteiger partial charge on any atom is -0.339 e. The highest BCUT2D eigenvalue weighted by atomic mass is 16.5. The van der Waals surface area contributed by atoms with Crippen LogP contribution in [-0.4, -0.2) is 16.7 Å². The molecule has 5 rings (SSSR count). The Bertz CT molecular complexity index is 475. The lowest BCUT2D eigenvalue weighted by atomic mass is 9.49. The number of nitrogens with zero attached hydrogens (tertiary/aromatic N) is 2. The molecule has 1 heterocycles. The van der Waals surface area contributed by atoms with Gasteiger partial charge in [-0.2, -0.15) is 4.98 Å². The van der Waals surface area contributed by atoms with Crippen molar-refractivity contribution in [2.45, 2.75) is 70.6 Å². The summed E-state index contributed by atoms with van der Waals surface area (Å²) in [7, 11) is 0. The Morgan fingerprint density at radius 1 is 1.00 bits per heavy atom. The van der Waals surface area contributed by atoms with E-state index in [1.807, 2.05) is 0 Å². The SMILES string of the molecule is NCCCCCc1nc(CC23CC4CC(CC(C4)C2)C3)no1. The summed E-state index contributed by atoms with van der Waals surface area (Å²) in [6.45, 7) is 0.779. The minimum atomic E-state index is 0.509. The molecule has 0 amide bonds. The summed E-state index contributed by atoms with van der Waals surface area (Å²) < 4.78 is 5.47. The predicted octanol–water partition coefficient (Wildman–Crippen LogP) is 3.50. The number of unbranched alkanes of at least 4 members (excludes halogenated alkanes) is 2. The maximum absolute atomic E-state index is 5.53. The molecule has 0 aliphatic heterocycles. The van der Waals surface area contributed by atoms with E-state index in [2.05, 4.69) is 10.1 Å². The Labute approximate surface area is 133 Å². The third-order valence-electron chi connectivity index (χ3n) is 6.30. The molecule has 0 atom stereocenters. The molecule has 4 saturated carbocycles. The van der Waals surface area contributed by atoms with Crippen molar-refractivity contribution in [3.8, 4) is 0 Å². The van der Waals surface area contributed by atoms with Crippen LogP contribution >= 0.6 is 0 Å². The molecular weight excluding hydrogens is 274 g/mol. The summed E-state index contributed by atoms with van der Waals surface area (Å²) >= 11 is 0. The fourth-order valence-electron chi connectivity index (χ4n) is 5.90. The number of aromatic nitrogens is 2. The first-order valence-corrected chi connectivity index (χ1v) is 9.26. The van der Waals surface area contributed by atoms with E-state index < -0.39 is 0 Å². The second kappa shape index (κ2) is 5.95. The number of nitrogens with two attached hydrogens (primary N) is 1. The zero-order chi connectivity index (χ0) is 15.0. The van der Waals surface area contributed by atoms with Gasteiger partial charge in [0.2, 0.25) is 5.89 Å². The fraction of sp³-hybridized carbons (Fsp3) is 0.889. The lowest BCUT2D eigenvalue weighted by molar-refractivity contribution is -0.0533. The molecule has 122 valence electrons. The van der Waals surface area contributed by atoms with Gasteiger partial charge in [-0.1, -0.05) is 11.6 Å². The van der Waals surface area contributed by atoms with E-state index in [1.54, 1.807) is 0 Å². The molecule has 4 heteroatoms. The third kappa shape index (κ3) is 2.94. The van der Waals surface area contributed by atoms with Crippen LogP contribution in [0.2, 0.25) is 0 Å². The zero-order valence-corrected chi connectivity index (χ0v) is 13.6. The third-order valence-corrected chi connectivity index (χ3v) is 6.30. The number of aryl methyl sites for hydroxylation is 1. The lowest BCUT2D eigenvalue weighted by Gasteiger charge is -2.56. The van der Waals surface area contributed by atoms with Crippen LogP contribution in [0.25, 0.3) is 0 Å². The van der Waals surface area contributed by atoms with Gasteiger partial charge in [-0.3, -0.25) is 0 Å². The summed E-state index contributed by atoms with van der Waals surface area (Å²) in [4.78, 5) is 4.67. The number of hydrogen-bond acceptors (Lipinski definition) is 4. The molecule has 4 fully saturated rings. The van der Waals surface area contributed by atoms with E-state index in [9.17, 15) is 0 Å². The molecule has 2 N–H and O–H groups in total. The van der Waals surface area contributed by atoms with Gasteiger partial charge in [-0.05, 0) is 81.1 Å². The molecule has 0 saturated heterocycles. The van der Waals surface area contributed by atoms with Crippen LogP contribution in [0, 0.1) is 23.2 Å². The van der Waals surface area contributed by atoms with Gasteiger partial charge in [-0.15, -0.1) is 0 Å². The average molecular weight is 303 g/mol. The van der Waals surface area contributed by atoms with E-state index in [0.29, 0.717) is 5.41 Å². The van der Waals surface area contributed by atoms with Gasteiger partial charge < -0.3 is 10.3 Å². The highest BCUT2D eigenvalue weighted by Crippen LogP contribution is 2.60. The molecular formula is C18H29N3O. The van der Waals surface area contributed by atoms with E-state index in [4.69, 9.17) is 10.3 Å². The first kappa shape index (κ1) is 14.7. The van der Waals surface area contributed by atoms with Crippen LogP contribution in [0.5, 0.6) is 0 Å². The molecule has 1 aromatic heterocycles. The second-order valence-electron chi connectivity index (χ2n) is 8.30. The Hall–Kier alpha value is -0.900. The number of rotatable bonds is 7. The fourth-order valence-corrected chi connectivity index (χ4v) is 5.90. The second-order valence-corrected chi connectivity index (χ2v) is 8.30. The largest absolute Gasteiger partial charge is 0.339 e. The van der Waals surface area contributed by atoms with Crippen LogP contribution in [0.3, 0.4) is 0 Å². The molecule has 0 radical (unpaired) electrons. The van der Waals surface area contributed by atoms with Gasteiger partial charge in [0.05, 0.1) is 0 Å². The van der Waals surface area contributed by atoms with Gasteiger partial charge >= 0.3 is 0 Å². The van der Waals surface area contributed by atoms with Crippen molar-refractivity contribution in [3.63, 3.8) is 0 Å². The van der Waals surface area contributed by atoms with Crippen molar-refractivity contribution >= 4 is 0 Å². The average Bonchev–Trinajstić information content (AvgIpc) is 2.89. The molecule has 0 unspecified atom stereocenters. The van der Waals surface area contributed by atoms with Crippen molar-refractivity contribution in [1.82, 2.24) is 10.1 Å². The maximum atomic E-state index is 5.53. The van der Waals surface area contributed by atoms with Crippen LogP contribution in [0.4, 0.5) is 0 Å². The predicted molar refractivity (Wildman–Crippen MR) is 85.2 cm³/mol.